The van der Waals surface area contributed by atoms with Gasteiger partial charge in [0.25, 0.3) is 0 Å². The van der Waals surface area contributed by atoms with Gasteiger partial charge in [-0.05, 0) is 36.6 Å². The number of aromatic nitrogens is 2. The number of hydrogen-bond donors (Lipinski definition) is 1. The first kappa shape index (κ1) is 21.8. The van der Waals surface area contributed by atoms with Crippen molar-refractivity contribution in [1.29, 1.82) is 5.26 Å². The SMILES string of the molecule is N#CN1C[C@H](NC(=O)N2CC[C@@H](c3cccc(OC(F)(F)F)c3)C2)C[C@H]1Cn1cccn1. The second-order valence-corrected chi connectivity index (χ2v) is 8.07. The number of rotatable bonds is 5. The first-order chi connectivity index (χ1) is 15.3. The van der Waals surface area contributed by atoms with Crippen LogP contribution in [0, 0.1) is 11.5 Å². The number of halogens is 3. The molecule has 170 valence electrons. The van der Waals surface area contributed by atoms with Gasteiger partial charge in [-0.15, -0.1) is 13.2 Å². The normalized spacial score (nSPS) is 23.2. The molecule has 0 bridgehead atoms. The molecular formula is C21H23F3N6O2. The summed E-state index contributed by atoms with van der Waals surface area (Å²) in [5.41, 5.74) is 0.706. The first-order valence-electron chi connectivity index (χ1n) is 10.4. The standard InChI is InChI=1S/C21H23F3N6O2/c22-21(23,24)32-19-4-1-3-15(9-19)16-5-8-28(11-16)20(31)27-17-10-18(29(12-17)14-25)13-30-7-2-6-26-30/h1-4,6-7,9,16-18H,5,8,10-13H2,(H,27,31)/t16-,17-,18+/m1/s1. The Morgan fingerprint density at radius 1 is 1.31 bits per heavy atom. The largest absolute Gasteiger partial charge is 0.573 e. The second kappa shape index (κ2) is 8.98. The van der Waals surface area contributed by atoms with Gasteiger partial charge in [0, 0.05) is 37.9 Å². The summed E-state index contributed by atoms with van der Waals surface area (Å²) in [4.78, 5) is 16.1. The zero-order valence-electron chi connectivity index (χ0n) is 17.2. The summed E-state index contributed by atoms with van der Waals surface area (Å²) in [5, 5.41) is 16.6. The number of nitriles is 1. The van der Waals surface area contributed by atoms with Gasteiger partial charge in [-0.3, -0.25) is 4.68 Å². The van der Waals surface area contributed by atoms with Gasteiger partial charge >= 0.3 is 12.4 Å². The predicted octanol–water partition coefficient (Wildman–Crippen LogP) is 2.90. The van der Waals surface area contributed by atoms with E-state index in [1.807, 2.05) is 12.3 Å². The molecule has 11 heteroatoms. The number of urea groups is 1. The quantitative estimate of drug-likeness (QED) is 0.711. The van der Waals surface area contributed by atoms with E-state index in [1.54, 1.807) is 26.7 Å². The number of carbonyl (C=O) groups is 1. The Labute approximate surface area is 183 Å². The van der Waals surface area contributed by atoms with Gasteiger partial charge in [-0.25, -0.2) is 4.79 Å². The minimum Gasteiger partial charge on any atom is -0.406 e. The van der Waals surface area contributed by atoms with Crippen LogP contribution in [0.4, 0.5) is 18.0 Å². The number of carbonyl (C=O) groups excluding carboxylic acids is 1. The van der Waals surface area contributed by atoms with Gasteiger partial charge in [-0.2, -0.15) is 10.4 Å². The zero-order chi connectivity index (χ0) is 22.7. The topological polar surface area (TPSA) is 86.4 Å². The molecule has 2 aromatic rings. The van der Waals surface area contributed by atoms with Gasteiger partial charge in [-0.1, -0.05) is 12.1 Å². The molecule has 2 aliphatic rings. The van der Waals surface area contributed by atoms with Crippen molar-refractivity contribution in [3.05, 3.63) is 48.3 Å². The highest BCUT2D eigenvalue weighted by molar-refractivity contribution is 5.75. The summed E-state index contributed by atoms with van der Waals surface area (Å²) >= 11 is 0. The van der Waals surface area contributed by atoms with Crippen molar-refractivity contribution in [2.75, 3.05) is 19.6 Å². The van der Waals surface area contributed by atoms with E-state index in [-0.39, 0.29) is 29.8 Å². The highest BCUT2D eigenvalue weighted by Gasteiger charge is 2.35. The van der Waals surface area contributed by atoms with Gasteiger partial charge in [0.2, 0.25) is 0 Å². The highest BCUT2D eigenvalue weighted by atomic mass is 19.4. The van der Waals surface area contributed by atoms with E-state index in [0.717, 1.165) is 0 Å². The maximum absolute atomic E-state index is 12.8. The van der Waals surface area contributed by atoms with E-state index in [2.05, 4.69) is 21.3 Å². The third-order valence-corrected chi connectivity index (χ3v) is 5.87. The third-order valence-electron chi connectivity index (χ3n) is 5.87. The Bertz CT molecular complexity index is 975. The molecule has 32 heavy (non-hydrogen) atoms. The molecule has 0 aliphatic carbocycles. The van der Waals surface area contributed by atoms with Crippen LogP contribution in [0.3, 0.4) is 0 Å². The number of nitrogens with one attached hydrogen (secondary N) is 1. The van der Waals surface area contributed by atoms with Crippen molar-refractivity contribution >= 4 is 6.03 Å². The Morgan fingerprint density at radius 3 is 2.88 bits per heavy atom. The van der Waals surface area contributed by atoms with Crippen LogP contribution < -0.4 is 10.1 Å². The van der Waals surface area contributed by atoms with E-state index in [1.165, 1.54) is 18.2 Å². The van der Waals surface area contributed by atoms with Gasteiger partial charge in [0.15, 0.2) is 6.19 Å². The van der Waals surface area contributed by atoms with Crippen molar-refractivity contribution in [3.63, 3.8) is 0 Å². The average Bonchev–Trinajstić information content (AvgIpc) is 3.48. The fraction of sp³-hybridized carbons (Fsp3) is 0.476. The molecule has 2 amide bonds. The van der Waals surface area contributed by atoms with Crippen molar-refractivity contribution < 1.29 is 22.7 Å². The number of benzene rings is 1. The average molecular weight is 448 g/mol. The molecule has 1 aromatic heterocycles. The molecule has 3 atom stereocenters. The molecular weight excluding hydrogens is 425 g/mol. The van der Waals surface area contributed by atoms with Crippen LogP contribution in [0.1, 0.15) is 24.3 Å². The predicted molar refractivity (Wildman–Crippen MR) is 107 cm³/mol. The Hall–Kier alpha value is -3.42. The summed E-state index contributed by atoms with van der Waals surface area (Å²) in [5.74, 6) is -0.326. The number of nitrogens with zero attached hydrogens (tertiary/aromatic N) is 5. The van der Waals surface area contributed by atoms with E-state index in [0.29, 0.717) is 44.6 Å². The van der Waals surface area contributed by atoms with Crippen LogP contribution in [-0.4, -0.2) is 63.7 Å². The summed E-state index contributed by atoms with van der Waals surface area (Å²) in [6, 6.07) is 7.29. The van der Waals surface area contributed by atoms with Gasteiger partial charge in [0.05, 0.1) is 18.6 Å². The molecule has 0 spiro atoms. The molecule has 2 fully saturated rings. The number of likely N-dealkylation sites (tertiary alicyclic amines) is 2. The van der Waals surface area contributed by atoms with Crippen molar-refractivity contribution in [1.82, 2.24) is 24.9 Å². The number of alkyl halides is 3. The van der Waals surface area contributed by atoms with E-state index in [9.17, 15) is 23.2 Å². The third kappa shape index (κ3) is 5.25. The molecule has 1 N–H and O–H groups in total. The molecule has 0 radical (unpaired) electrons. The highest BCUT2D eigenvalue weighted by Crippen LogP contribution is 2.31. The second-order valence-electron chi connectivity index (χ2n) is 8.07. The summed E-state index contributed by atoms with van der Waals surface area (Å²) in [6.45, 7) is 1.91. The Morgan fingerprint density at radius 2 is 2.16 bits per heavy atom. The molecule has 0 saturated carbocycles. The summed E-state index contributed by atoms with van der Waals surface area (Å²) < 4.78 is 43.2. The summed E-state index contributed by atoms with van der Waals surface area (Å²) in [7, 11) is 0. The minimum absolute atomic E-state index is 0.0482. The van der Waals surface area contributed by atoms with Crippen LogP contribution in [-0.2, 0) is 6.54 Å². The van der Waals surface area contributed by atoms with E-state index < -0.39 is 6.36 Å². The van der Waals surface area contributed by atoms with Crippen LogP contribution in [0.25, 0.3) is 0 Å². The lowest BCUT2D eigenvalue weighted by atomic mass is 9.98. The van der Waals surface area contributed by atoms with E-state index >= 15 is 0 Å². The lowest BCUT2D eigenvalue weighted by molar-refractivity contribution is -0.274. The van der Waals surface area contributed by atoms with Gasteiger partial charge < -0.3 is 19.9 Å². The molecule has 8 nitrogen and oxygen atoms in total. The fourth-order valence-electron chi connectivity index (χ4n) is 4.39. The molecule has 0 unspecified atom stereocenters. The maximum Gasteiger partial charge on any atom is 0.573 e. The van der Waals surface area contributed by atoms with Crippen molar-refractivity contribution in [3.8, 4) is 11.9 Å². The zero-order valence-corrected chi connectivity index (χ0v) is 17.2. The molecule has 2 aliphatic heterocycles. The monoisotopic (exact) mass is 448 g/mol. The minimum atomic E-state index is -4.74. The van der Waals surface area contributed by atoms with Crippen molar-refractivity contribution in [2.45, 2.75) is 43.8 Å². The van der Waals surface area contributed by atoms with Crippen LogP contribution in [0.5, 0.6) is 5.75 Å². The molecule has 3 heterocycles. The van der Waals surface area contributed by atoms with E-state index in [4.69, 9.17) is 0 Å². The lowest BCUT2D eigenvalue weighted by Gasteiger charge is -2.20. The smallest absolute Gasteiger partial charge is 0.406 e. The van der Waals surface area contributed by atoms with Crippen LogP contribution >= 0.6 is 0 Å². The van der Waals surface area contributed by atoms with Crippen LogP contribution in [0.2, 0.25) is 0 Å². The first-order valence-corrected chi connectivity index (χ1v) is 10.4. The van der Waals surface area contributed by atoms with Gasteiger partial charge in [0.1, 0.15) is 5.75 Å². The van der Waals surface area contributed by atoms with Crippen LogP contribution in [0.15, 0.2) is 42.7 Å². The Kier molecular flexibility index (Phi) is 6.12. The fourth-order valence-corrected chi connectivity index (χ4v) is 4.39. The molecule has 4 rings (SSSR count). The summed E-state index contributed by atoms with van der Waals surface area (Å²) in [6.07, 6.45) is 2.24. The maximum atomic E-state index is 12.8. The van der Waals surface area contributed by atoms with Crippen molar-refractivity contribution in [2.24, 2.45) is 0 Å². The number of hydrogen-bond acceptors (Lipinski definition) is 5. The molecule has 1 aromatic carbocycles. The molecule has 2 saturated heterocycles. The number of ether oxygens (including phenoxy) is 1. The Balaban J connectivity index is 1.32. The lowest BCUT2D eigenvalue weighted by Crippen LogP contribution is -2.44. The number of amides is 2.